The Morgan fingerprint density at radius 3 is 2.29 bits per heavy atom. The van der Waals surface area contributed by atoms with Crippen LogP contribution in [-0.2, 0) is 16.1 Å². The van der Waals surface area contributed by atoms with E-state index >= 15 is 0 Å². The molecular formula is C34H39N5O2. The summed E-state index contributed by atoms with van der Waals surface area (Å²) >= 11 is 0. The van der Waals surface area contributed by atoms with Crippen molar-refractivity contribution in [3.8, 4) is 22.4 Å². The molecule has 7 rings (SSSR count). The molecule has 0 atom stereocenters. The van der Waals surface area contributed by atoms with Gasteiger partial charge in [-0.15, -0.1) is 0 Å². The summed E-state index contributed by atoms with van der Waals surface area (Å²) in [5.74, 6) is 2.10. The summed E-state index contributed by atoms with van der Waals surface area (Å²) in [5, 5.41) is 4.73. The number of aliphatic imine (C=N–C) groups is 1. The summed E-state index contributed by atoms with van der Waals surface area (Å²) in [4.78, 5) is 35.1. The third kappa shape index (κ3) is 4.69. The van der Waals surface area contributed by atoms with Gasteiger partial charge < -0.3 is 4.90 Å². The third-order valence-corrected chi connectivity index (χ3v) is 9.32. The first kappa shape index (κ1) is 26.2. The number of aromatic nitrogens is 2. The second-order valence-corrected chi connectivity index (χ2v) is 13.4. The molecule has 3 heterocycles. The van der Waals surface area contributed by atoms with Gasteiger partial charge in [-0.3, -0.25) is 24.2 Å². The van der Waals surface area contributed by atoms with E-state index in [0.717, 1.165) is 84.7 Å². The molecule has 7 nitrogen and oxygen atoms in total. The van der Waals surface area contributed by atoms with E-state index in [0.29, 0.717) is 18.4 Å². The van der Waals surface area contributed by atoms with Gasteiger partial charge in [0.15, 0.2) is 0 Å². The van der Waals surface area contributed by atoms with Crippen LogP contribution in [0.25, 0.3) is 22.4 Å². The van der Waals surface area contributed by atoms with Crippen molar-refractivity contribution < 1.29 is 9.59 Å². The molecule has 2 amide bonds. The fraction of sp³-hybridized carbons (Fsp3) is 0.471. The molecule has 212 valence electrons. The van der Waals surface area contributed by atoms with E-state index in [1.165, 1.54) is 0 Å². The average molecular weight is 550 g/mol. The van der Waals surface area contributed by atoms with Crippen molar-refractivity contribution in [2.45, 2.75) is 65.5 Å². The molecule has 1 saturated heterocycles. The zero-order valence-electron chi connectivity index (χ0n) is 24.6. The van der Waals surface area contributed by atoms with Gasteiger partial charge in [-0.25, -0.2) is 0 Å². The lowest BCUT2D eigenvalue weighted by atomic mass is 9.95. The fourth-order valence-corrected chi connectivity index (χ4v) is 6.29. The summed E-state index contributed by atoms with van der Waals surface area (Å²) in [5.41, 5.74) is 5.85. The monoisotopic (exact) mass is 549 g/mol. The van der Waals surface area contributed by atoms with E-state index in [1.807, 2.05) is 20.7 Å². The highest BCUT2D eigenvalue weighted by atomic mass is 16.2. The highest BCUT2D eigenvalue weighted by molar-refractivity contribution is 6.17. The van der Waals surface area contributed by atoms with Crippen molar-refractivity contribution in [3.63, 3.8) is 0 Å². The second-order valence-electron chi connectivity index (χ2n) is 13.4. The zero-order valence-corrected chi connectivity index (χ0v) is 24.6. The van der Waals surface area contributed by atoms with E-state index in [9.17, 15) is 9.59 Å². The molecule has 0 radical (unpaired) electrons. The number of hydrogen-bond acceptors (Lipinski definition) is 4. The summed E-state index contributed by atoms with van der Waals surface area (Å²) in [7, 11) is 0. The van der Waals surface area contributed by atoms with E-state index in [2.05, 4.69) is 76.2 Å². The minimum atomic E-state index is -0.542. The maximum absolute atomic E-state index is 13.5. The Kier molecular flexibility index (Phi) is 6.00. The molecule has 2 aliphatic heterocycles. The lowest BCUT2D eigenvalue weighted by molar-refractivity contribution is -0.143. The number of amides is 2. The summed E-state index contributed by atoms with van der Waals surface area (Å²) in [6.45, 7) is 11.6. The van der Waals surface area contributed by atoms with Crippen molar-refractivity contribution in [2.75, 3.05) is 19.6 Å². The smallest absolute Gasteiger partial charge is 0.256 e. The van der Waals surface area contributed by atoms with E-state index in [4.69, 9.17) is 10.1 Å². The molecule has 0 bridgehead atoms. The number of likely N-dealkylation sites (tertiary alicyclic amines) is 1. The van der Waals surface area contributed by atoms with Gasteiger partial charge in [0.25, 0.3) is 5.91 Å². The van der Waals surface area contributed by atoms with Crippen LogP contribution in [0.4, 0.5) is 0 Å². The van der Waals surface area contributed by atoms with Crippen LogP contribution in [0.3, 0.4) is 0 Å². The molecular weight excluding hydrogens is 510 g/mol. The molecule has 41 heavy (non-hydrogen) atoms. The van der Waals surface area contributed by atoms with Crippen molar-refractivity contribution in [2.24, 2.45) is 22.2 Å². The minimum Gasteiger partial charge on any atom is -0.341 e. The highest BCUT2D eigenvalue weighted by Crippen LogP contribution is 2.48. The van der Waals surface area contributed by atoms with Gasteiger partial charge in [0, 0.05) is 54.8 Å². The standard InChI is InChI=1S/C34H39N5O2/c1-22(2)18-38-16-11-29(36-38)26-7-5-25(6-8-26)27-9-10-28(23(3)17-27)30-35-34(14-15-34)32(41)39(30)21-24-19-37(20-24)31(40)33(4)12-13-33/h5-11,16-17,22,24H,12-15,18-21H2,1-4H3. The fourth-order valence-electron chi connectivity index (χ4n) is 6.29. The van der Waals surface area contributed by atoms with Gasteiger partial charge in [-0.1, -0.05) is 63.2 Å². The lowest BCUT2D eigenvalue weighted by Crippen LogP contribution is -2.56. The van der Waals surface area contributed by atoms with Gasteiger partial charge in [-0.05, 0) is 61.3 Å². The van der Waals surface area contributed by atoms with Gasteiger partial charge in [0.1, 0.15) is 11.4 Å². The first-order valence-electron chi connectivity index (χ1n) is 15.1. The number of benzene rings is 2. The number of nitrogens with zero attached hydrogens (tertiary/aromatic N) is 5. The number of carbonyl (C=O) groups is 2. The van der Waals surface area contributed by atoms with Crippen LogP contribution >= 0.6 is 0 Å². The summed E-state index contributed by atoms with van der Waals surface area (Å²) < 4.78 is 2.01. The normalized spacial score (nSPS) is 20.5. The van der Waals surface area contributed by atoms with Crippen LogP contribution in [0.2, 0.25) is 0 Å². The lowest BCUT2D eigenvalue weighted by Gasteiger charge is -2.42. The Hall–Kier alpha value is -3.74. The summed E-state index contributed by atoms with van der Waals surface area (Å²) in [6, 6.07) is 17.1. The number of hydrogen-bond donors (Lipinski definition) is 0. The number of aryl methyl sites for hydroxylation is 1. The Bertz CT molecular complexity index is 1550. The molecule has 0 unspecified atom stereocenters. The SMILES string of the molecule is Cc1cc(-c2ccc(-c3ccn(CC(C)C)n3)cc2)ccc1C1=NC2(CC2)C(=O)N1CC1CN(C(=O)C2(C)CC2)C1. The van der Waals surface area contributed by atoms with Crippen LogP contribution in [-0.4, -0.2) is 62.4 Å². The quantitative estimate of drug-likeness (QED) is 0.369. The molecule has 3 aromatic rings. The molecule has 4 aliphatic rings. The minimum absolute atomic E-state index is 0.130. The van der Waals surface area contributed by atoms with Crippen LogP contribution in [0.15, 0.2) is 59.7 Å². The van der Waals surface area contributed by atoms with Crippen LogP contribution < -0.4 is 0 Å². The maximum Gasteiger partial charge on any atom is 0.256 e. The van der Waals surface area contributed by atoms with Crippen LogP contribution in [0.1, 0.15) is 57.6 Å². The van der Waals surface area contributed by atoms with Crippen LogP contribution in [0, 0.1) is 24.2 Å². The van der Waals surface area contributed by atoms with Gasteiger partial charge in [0.05, 0.1) is 5.69 Å². The van der Waals surface area contributed by atoms with Gasteiger partial charge >= 0.3 is 0 Å². The Labute approximate surface area is 242 Å². The first-order chi connectivity index (χ1) is 19.6. The molecule has 2 aliphatic carbocycles. The summed E-state index contributed by atoms with van der Waals surface area (Å²) in [6.07, 6.45) is 5.71. The largest absolute Gasteiger partial charge is 0.341 e. The Morgan fingerprint density at radius 2 is 1.66 bits per heavy atom. The zero-order chi connectivity index (χ0) is 28.5. The number of amidine groups is 1. The molecule has 0 N–H and O–H groups in total. The molecule has 3 fully saturated rings. The second kappa shape index (κ2) is 9.40. The maximum atomic E-state index is 13.5. The van der Waals surface area contributed by atoms with Gasteiger partial charge in [0.2, 0.25) is 5.91 Å². The van der Waals surface area contributed by atoms with Crippen molar-refractivity contribution in [1.29, 1.82) is 0 Å². The highest BCUT2D eigenvalue weighted by Gasteiger charge is 2.58. The predicted octanol–water partition coefficient (Wildman–Crippen LogP) is 5.56. The van der Waals surface area contributed by atoms with Crippen molar-refractivity contribution in [3.05, 3.63) is 65.9 Å². The Balaban J connectivity index is 1.07. The predicted molar refractivity (Wildman–Crippen MR) is 160 cm³/mol. The van der Waals surface area contributed by atoms with Crippen LogP contribution in [0.5, 0.6) is 0 Å². The molecule has 7 heteroatoms. The molecule has 2 aromatic carbocycles. The van der Waals surface area contributed by atoms with E-state index < -0.39 is 5.54 Å². The van der Waals surface area contributed by atoms with Gasteiger partial charge in [-0.2, -0.15) is 5.10 Å². The topological polar surface area (TPSA) is 70.8 Å². The molecule has 1 spiro atoms. The van der Waals surface area contributed by atoms with E-state index in [1.54, 1.807) is 0 Å². The third-order valence-electron chi connectivity index (χ3n) is 9.32. The number of carbonyl (C=O) groups excluding carboxylic acids is 2. The number of rotatable bonds is 8. The molecule has 1 aromatic heterocycles. The molecule has 2 saturated carbocycles. The van der Waals surface area contributed by atoms with Crippen molar-refractivity contribution >= 4 is 17.6 Å². The van der Waals surface area contributed by atoms with E-state index in [-0.39, 0.29) is 17.2 Å². The Morgan fingerprint density at radius 1 is 0.976 bits per heavy atom. The first-order valence-corrected chi connectivity index (χ1v) is 15.1. The average Bonchev–Trinajstić information content (AvgIpc) is 3.81. The van der Waals surface area contributed by atoms with Crippen molar-refractivity contribution in [1.82, 2.24) is 19.6 Å².